The van der Waals surface area contributed by atoms with Gasteiger partial charge in [-0.05, 0) is 77.1 Å². The number of anilines is 2. The third-order valence-corrected chi connectivity index (χ3v) is 11.4. The van der Waals surface area contributed by atoms with Gasteiger partial charge in [0.15, 0.2) is 0 Å². The first-order chi connectivity index (χ1) is 29.5. The number of hydrogen-bond donors (Lipinski definition) is 1. The summed E-state index contributed by atoms with van der Waals surface area (Å²) in [7, 11) is 2.24. The second-order valence-electron chi connectivity index (χ2n) is 17.2. The molecule has 0 heterocycles. The van der Waals surface area contributed by atoms with E-state index in [0.29, 0.717) is 0 Å². The summed E-state index contributed by atoms with van der Waals surface area (Å²) in [6.45, 7) is 33.0. The van der Waals surface area contributed by atoms with Gasteiger partial charge in [-0.1, -0.05) is 238 Å². The van der Waals surface area contributed by atoms with Crippen molar-refractivity contribution in [2.75, 3.05) is 23.8 Å². The van der Waals surface area contributed by atoms with Crippen LogP contribution >= 0.6 is 11.6 Å². The van der Waals surface area contributed by atoms with Crippen molar-refractivity contribution in [2.45, 2.75) is 209 Å². The molecule has 0 aromatic heterocycles. The third-order valence-electron chi connectivity index (χ3n) is 11.1. The van der Waals surface area contributed by atoms with E-state index in [1.165, 1.54) is 148 Å². The molecule has 0 aliphatic heterocycles. The molecule has 0 saturated carbocycles. The highest BCUT2D eigenvalue weighted by Gasteiger charge is 2.26. The minimum absolute atomic E-state index is 0.00523. The molecule has 0 fully saturated rings. The van der Waals surface area contributed by atoms with Crippen LogP contribution in [-0.2, 0) is 18.3 Å². The molecule has 61 heavy (non-hydrogen) atoms. The Balaban J connectivity index is 0. The molecular weight excluding hydrogens is 760 g/mol. The second kappa shape index (κ2) is 38.3. The number of halogens is 1. The van der Waals surface area contributed by atoms with Gasteiger partial charge in [-0.2, -0.15) is 0 Å². The van der Waals surface area contributed by atoms with E-state index in [1.54, 1.807) is 0 Å². The van der Waals surface area contributed by atoms with Gasteiger partial charge in [0.2, 0.25) is 0 Å². The maximum absolute atomic E-state index is 6.95. The molecule has 0 aliphatic carbocycles. The average Bonchev–Trinajstić information content (AvgIpc) is 3.26. The molecule has 344 valence electrons. The Bertz CT molecular complexity index is 1530. The van der Waals surface area contributed by atoms with Crippen LogP contribution in [0.1, 0.15) is 217 Å². The predicted molar refractivity (Wildman–Crippen MR) is 283 cm³/mol. The van der Waals surface area contributed by atoms with E-state index in [9.17, 15) is 0 Å². The summed E-state index contributed by atoms with van der Waals surface area (Å²) < 4.78 is 0. The summed E-state index contributed by atoms with van der Waals surface area (Å²) in [4.78, 5) is 2.45. The number of likely N-dealkylation sites (N-methyl/N-ethyl adjacent to an activating group) is 1. The SMILES string of the molecule is C#C.C=C.C=Cc1ccccc1CC(c1ccc(C)c(NCCCCCCCCCCCCCCCCCC)c1CCC)N(C)c1ccc(C(C)(C)C)c(Cl)c1.CC.CCC. The van der Waals surface area contributed by atoms with Crippen LogP contribution in [0.25, 0.3) is 6.08 Å². The quantitative estimate of drug-likeness (QED) is 0.0492. The summed E-state index contributed by atoms with van der Waals surface area (Å²) in [5.41, 5.74) is 10.4. The van der Waals surface area contributed by atoms with Gasteiger partial charge in [0.05, 0.1) is 6.04 Å². The minimum Gasteiger partial charge on any atom is -0.385 e. The zero-order valence-corrected chi connectivity index (χ0v) is 42.6. The first-order valence-corrected chi connectivity index (χ1v) is 24.8. The molecule has 1 N–H and O–H groups in total. The Hall–Kier alpha value is -3.41. The van der Waals surface area contributed by atoms with Crippen molar-refractivity contribution in [2.24, 2.45) is 0 Å². The van der Waals surface area contributed by atoms with Gasteiger partial charge in [0.1, 0.15) is 0 Å². The molecular formula is C58H95ClN2. The normalized spacial score (nSPS) is 10.9. The lowest BCUT2D eigenvalue weighted by molar-refractivity contribution is 0.530. The smallest absolute Gasteiger partial charge is 0.0583 e. The van der Waals surface area contributed by atoms with E-state index in [2.05, 4.69) is 160 Å². The number of unbranched alkanes of at least 4 members (excludes halogenated alkanes) is 15. The Kier molecular flexibility index (Phi) is 37.5. The van der Waals surface area contributed by atoms with Crippen molar-refractivity contribution >= 4 is 29.1 Å². The summed E-state index contributed by atoms with van der Waals surface area (Å²) in [6, 6.07) is 20.2. The van der Waals surface area contributed by atoms with Gasteiger partial charge < -0.3 is 10.2 Å². The third kappa shape index (κ3) is 24.1. The maximum atomic E-state index is 6.95. The molecule has 0 saturated heterocycles. The van der Waals surface area contributed by atoms with Crippen LogP contribution in [0.2, 0.25) is 5.02 Å². The number of nitrogens with one attached hydrogen (secondary N) is 1. The van der Waals surface area contributed by atoms with Crippen LogP contribution in [0.15, 0.2) is 74.3 Å². The molecule has 0 spiro atoms. The summed E-state index contributed by atoms with van der Waals surface area (Å²) >= 11 is 6.95. The number of nitrogens with zero attached hydrogens (tertiary/aromatic N) is 1. The molecule has 2 nitrogen and oxygen atoms in total. The van der Waals surface area contributed by atoms with E-state index in [-0.39, 0.29) is 11.5 Å². The van der Waals surface area contributed by atoms with E-state index in [4.69, 9.17) is 11.6 Å². The number of hydrogen-bond acceptors (Lipinski definition) is 2. The Morgan fingerprint density at radius 2 is 1.21 bits per heavy atom. The van der Waals surface area contributed by atoms with Crippen molar-refractivity contribution in [3.63, 3.8) is 0 Å². The molecule has 3 rings (SSSR count). The fourth-order valence-corrected chi connectivity index (χ4v) is 8.30. The van der Waals surface area contributed by atoms with Gasteiger partial charge in [-0.25, -0.2) is 0 Å². The summed E-state index contributed by atoms with van der Waals surface area (Å²) in [5.74, 6) is 0. The fourth-order valence-electron chi connectivity index (χ4n) is 7.84. The van der Waals surface area contributed by atoms with Gasteiger partial charge in [-0.3, -0.25) is 0 Å². The number of benzene rings is 3. The van der Waals surface area contributed by atoms with E-state index in [0.717, 1.165) is 36.5 Å². The number of rotatable bonds is 26. The predicted octanol–water partition coefficient (Wildman–Crippen LogP) is 19.1. The number of terminal acetylenes is 1. The molecule has 1 atom stereocenters. The Morgan fingerprint density at radius 3 is 1.67 bits per heavy atom. The lowest BCUT2D eigenvalue weighted by Gasteiger charge is -2.34. The summed E-state index contributed by atoms with van der Waals surface area (Å²) in [5, 5.41) is 4.79. The maximum Gasteiger partial charge on any atom is 0.0583 e. The molecule has 3 aromatic rings. The minimum atomic E-state index is -0.00523. The van der Waals surface area contributed by atoms with E-state index >= 15 is 0 Å². The average molecular weight is 856 g/mol. The molecule has 3 heteroatoms. The van der Waals surface area contributed by atoms with Crippen molar-refractivity contribution in [3.05, 3.63) is 113 Å². The lowest BCUT2D eigenvalue weighted by atomic mass is 9.86. The van der Waals surface area contributed by atoms with Crippen LogP contribution in [0.4, 0.5) is 11.4 Å². The highest BCUT2D eigenvalue weighted by molar-refractivity contribution is 6.31. The Labute approximate surface area is 385 Å². The first-order valence-electron chi connectivity index (χ1n) is 24.5. The van der Waals surface area contributed by atoms with Crippen molar-refractivity contribution in [1.29, 1.82) is 0 Å². The first kappa shape index (κ1) is 59.7. The zero-order chi connectivity index (χ0) is 46.5. The van der Waals surface area contributed by atoms with Crippen molar-refractivity contribution in [1.82, 2.24) is 0 Å². The molecule has 0 aliphatic rings. The molecule has 0 radical (unpaired) electrons. The zero-order valence-electron chi connectivity index (χ0n) is 41.8. The highest BCUT2D eigenvalue weighted by Crippen LogP contribution is 2.39. The number of aryl methyl sites for hydroxylation is 1. The van der Waals surface area contributed by atoms with E-state index < -0.39 is 0 Å². The fraction of sp³-hybridized carbons (Fsp3) is 0.586. The van der Waals surface area contributed by atoms with Crippen LogP contribution in [0, 0.1) is 19.8 Å². The van der Waals surface area contributed by atoms with Crippen molar-refractivity contribution < 1.29 is 0 Å². The topological polar surface area (TPSA) is 15.3 Å². The van der Waals surface area contributed by atoms with Crippen LogP contribution < -0.4 is 10.2 Å². The largest absolute Gasteiger partial charge is 0.385 e. The second-order valence-corrected chi connectivity index (χ2v) is 17.6. The Morgan fingerprint density at radius 1 is 0.721 bits per heavy atom. The van der Waals surface area contributed by atoms with Crippen LogP contribution in [0.3, 0.4) is 0 Å². The van der Waals surface area contributed by atoms with E-state index in [1.807, 2.05) is 19.9 Å². The molecule has 0 bridgehead atoms. The van der Waals surface area contributed by atoms with Crippen LogP contribution in [0.5, 0.6) is 0 Å². The molecule has 0 amide bonds. The van der Waals surface area contributed by atoms with Crippen LogP contribution in [-0.4, -0.2) is 13.6 Å². The van der Waals surface area contributed by atoms with Gasteiger partial charge in [-0.15, -0.1) is 26.0 Å². The molecule has 3 aromatic carbocycles. The molecule has 1 unspecified atom stereocenters. The van der Waals surface area contributed by atoms with Gasteiger partial charge in [0, 0.05) is 30.0 Å². The lowest BCUT2D eigenvalue weighted by Crippen LogP contribution is -2.28. The summed E-state index contributed by atoms with van der Waals surface area (Å²) in [6.07, 6.45) is 36.7. The monoisotopic (exact) mass is 855 g/mol. The van der Waals surface area contributed by atoms with Crippen molar-refractivity contribution in [3.8, 4) is 12.8 Å². The highest BCUT2D eigenvalue weighted by atomic mass is 35.5. The van der Waals surface area contributed by atoms with Gasteiger partial charge in [0.25, 0.3) is 0 Å². The standard InChI is InChI=1S/C49H75ClN2.C3H8.C2H6.C2H4.C2H2/c1-9-12-13-14-15-16-17-18-19-20-21-22-23-24-25-28-36-51-48-39(4)32-34-43(44(48)29-10-2)47(37-41-31-27-26-30-40(41)11-3)52(8)42-33-35-45(46(50)38-42)49(5,6)7;1-3-2;3*1-2/h11,26-27,30-35,38,47,51H,3,9-10,12-25,28-29,36-37H2,1-2,4-8H3;3H2,1-2H3;1-2H3;1-2H2;1-2H. The van der Waals surface area contributed by atoms with Gasteiger partial charge >= 0.3 is 0 Å².